The Bertz CT molecular complexity index is 344. The van der Waals surface area contributed by atoms with E-state index in [1.165, 1.54) is 31.4 Å². The lowest BCUT2D eigenvalue weighted by Crippen LogP contribution is -2.31. The molecule has 0 aromatic heterocycles. The van der Waals surface area contributed by atoms with Crippen molar-refractivity contribution in [2.75, 3.05) is 6.54 Å². The summed E-state index contributed by atoms with van der Waals surface area (Å²) >= 11 is 0. The Labute approximate surface area is 102 Å². The van der Waals surface area contributed by atoms with Crippen molar-refractivity contribution in [3.05, 3.63) is 35.9 Å². The number of carbonyl (C=O) groups excluding carboxylic acids is 2. The van der Waals surface area contributed by atoms with Crippen molar-refractivity contribution in [1.82, 2.24) is 5.32 Å². The third kappa shape index (κ3) is 4.51. The predicted molar refractivity (Wildman–Crippen MR) is 65.2 cm³/mol. The zero-order valence-electron chi connectivity index (χ0n) is 10.2. The van der Waals surface area contributed by atoms with Crippen molar-refractivity contribution < 1.29 is 9.59 Å². The second-order valence-electron chi connectivity index (χ2n) is 4.30. The highest BCUT2D eigenvalue weighted by Gasteiger charge is 2.20. The van der Waals surface area contributed by atoms with Gasteiger partial charge in [-0.3, -0.25) is 0 Å². The Morgan fingerprint density at radius 3 is 2.53 bits per heavy atom. The number of hydrogen-bond acceptors (Lipinski definition) is 3. The van der Waals surface area contributed by atoms with Crippen LogP contribution in [0.1, 0.15) is 37.8 Å². The molecule has 0 bridgehead atoms. The summed E-state index contributed by atoms with van der Waals surface area (Å²) in [6, 6.07) is 11.4. The summed E-state index contributed by atoms with van der Waals surface area (Å²) in [5.41, 5.74) is 1.45. The minimum atomic E-state index is 0.250. The van der Waals surface area contributed by atoms with Crippen LogP contribution in [0.4, 0.5) is 0 Å². The van der Waals surface area contributed by atoms with Crippen LogP contribution >= 0.6 is 0 Å². The first-order chi connectivity index (χ1) is 8.31. The van der Waals surface area contributed by atoms with E-state index in [2.05, 4.69) is 42.6 Å². The fraction of sp³-hybridized carbons (Fsp3) is 0.500. The third-order valence-electron chi connectivity index (χ3n) is 3.29. The molecule has 3 heteroatoms. The molecule has 1 fully saturated rings. The van der Waals surface area contributed by atoms with Crippen LogP contribution < -0.4 is 5.32 Å². The van der Waals surface area contributed by atoms with Crippen molar-refractivity contribution >= 4 is 6.15 Å². The van der Waals surface area contributed by atoms with E-state index in [-0.39, 0.29) is 6.15 Å². The fourth-order valence-corrected chi connectivity index (χ4v) is 2.31. The summed E-state index contributed by atoms with van der Waals surface area (Å²) in [5, 5.41) is 3.60. The van der Waals surface area contributed by atoms with Crippen LogP contribution in [0.15, 0.2) is 30.3 Å². The summed E-state index contributed by atoms with van der Waals surface area (Å²) in [4.78, 5) is 16.2. The van der Waals surface area contributed by atoms with Gasteiger partial charge in [-0.1, -0.05) is 43.7 Å². The lowest BCUT2D eigenvalue weighted by molar-refractivity contribution is -0.191. The first kappa shape index (κ1) is 13.6. The molecule has 1 aliphatic heterocycles. The molecule has 1 aromatic carbocycles. The SMILES string of the molecule is CC[C@H]1CCN[C@H](c2ccccc2)C1.O=C=O. The number of piperidine rings is 1. The second kappa shape index (κ2) is 7.77. The molecule has 0 amide bonds. The Kier molecular flexibility index (Phi) is 6.23. The van der Waals surface area contributed by atoms with Gasteiger partial charge in [0.15, 0.2) is 0 Å². The Morgan fingerprint density at radius 1 is 1.29 bits per heavy atom. The van der Waals surface area contributed by atoms with Gasteiger partial charge in [0.05, 0.1) is 0 Å². The molecule has 1 saturated heterocycles. The summed E-state index contributed by atoms with van der Waals surface area (Å²) in [6.07, 6.45) is 4.23. The average molecular weight is 233 g/mol. The minimum Gasteiger partial charge on any atom is -0.310 e. The van der Waals surface area contributed by atoms with Gasteiger partial charge in [0.2, 0.25) is 0 Å². The molecular formula is C14H19NO2. The van der Waals surface area contributed by atoms with E-state index in [9.17, 15) is 0 Å². The normalized spacial score (nSPS) is 23.1. The molecule has 0 unspecified atom stereocenters. The summed E-state index contributed by atoms with van der Waals surface area (Å²) in [7, 11) is 0. The second-order valence-corrected chi connectivity index (χ2v) is 4.30. The maximum atomic E-state index is 8.12. The van der Waals surface area contributed by atoms with Gasteiger partial charge in [-0.15, -0.1) is 0 Å². The Balaban J connectivity index is 0.000000437. The zero-order chi connectivity index (χ0) is 12.5. The molecule has 2 atom stereocenters. The van der Waals surface area contributed by atoms with Crippen molar-refractivity contribution in [2.24, 2.45) is 5.92 Å². The van der Waals surface area contributed by atoms with E-state index < -0.39 is 0 Å². The largest absolute Gasteiger partial charge is 0.373 e. The van der Waals surface area contributed by atoms with Crippen LogP contribution in [0.25, 0.3) is 0 Å². The summed E-state index contributed by atoms with van der Waals surface area (Å²) < 4.78 is 0. The fourth-order valence-electron chi connectivity index (χ4n) is 2.31. The van der Waals surface area contributed by atoms with E-state index in [1.54, 1.807) is 0 Å². The number of rotatable bonds is 2. The van der Waals surface area contributed by atoms with Gasteiger partial charge in [-0.2, -0.15) is 9.59 Å². The molecule has 3 nitrogen and oxygen atoms in total. The van der Waals surface area contributed by atoms with Gasteiger partial charge in [0.1, 0.15) is 0 Å². The van der Waals surface area contributed by atoms with E-state index in [0.717, 1.165) is 5.92 Å². The Hall–Kier alpha value is -1.44. The van der Waals surface area contributed by atoms with Crippen molar-refractivity contribution in [3.63, 3.8) is 0 Å². The standard InChI is InChI=1S/C13H19N.CO2/c1-2-11-8-9-14-13(10-11)12-6-4-3-5-7-12;2-1-3/h3-7,11,13-14H,2,8-10H2,1H3;/t11-,13-;/m0./s1. The summed E-state index contributed by atoms with van der Waals surface area (Å²) in [6.45, 7) is 3.48. The molecule has 2 rings (SSSR count). The first-order valence-electron chi connectivity index (χ1n) is 6.09. The van der Waals surface area contributed by atoms with Gasteiger partial charge >= 0.3 is 6.15 Å². The lowest BCUT2D eigenvalue weighted by atomic mass is 9.87. The third-order valence-corrected chi connectivity index (χ3v) is 3.29. The summed E-state index contributed by atoms with van der Waals surface area (Å²) in [5.74, 6) is 0.918. The topological polar surface area (TPSA) is 46.2 Å². The number of hydrogen-bond donors (Lipinski definition) is 1. The average Bonchev–Trinajstić information content (AvgIpc) is 2.41. The molecule has 92 valence electrons. The van der Waals surface area contributed by atoms with Crippen molar-refractivity contribution in [3.8, 4) is 0 Å². The zero-order valence-corrected chi connectivity index (χ0v) is 10.2. The van der Waals surface area contributed by atoms with Gasteiger partial charge in [-0.25, -0.2) is 0 Å². The minimum absolute atomic E-state index is 0.250. The van der Waals surface area contributed by atoms with Crippen LogP contribution in [0.3, 0.4) is 0 Å². The van der Waals surface area contributed by atoms with Crippen molar-refractivity contribution in [1.29, 1.82) is 0 Å². The van der Waals surface area contributed by atoms with Gasteiger partial charge < -0.3 is 5.32 Å². The monoisotopic (exact) mass is 233 g/mol. The van der Waals surface area contributed by atoms with Gasteiger partial charge in [0, 0.05) is 6.04 Å². The van der Waals surface area contributed by atoms with Gasteiger partial charge in [0.25, 0.3) is 0 Å². The van der Waals surface area contributed by atoms with E-state index in [4.69, 9.17) is 9.59 Å². The molecule has 0 spiro atoms. The van der Waals surface area contributed by atoms with E-state index >= 15 is 0 Å². The smallest absolute Gasteiger partial charge is 0.310 e. The molecule has 0 radical (unpaired) electrons. The highest BCUT2D eigenvalue weighted by molar-refractivity contribution is 5.20. The molecule has 1 aliphatic rings. The molecule has 1 aromatic rings. The van der Waals surface area contributed by atoms with Gasteiger partial charge in [-0.05, 0) is 30.9 Å². The van der Waals surface area contributed by atoms with Crippen LogP contribution in [-0.2, 0) is 9.59 Å². The van der Waals surface area contributed by atoms with Crippen LogP contribution in [0.5, 0.6) is 0 Å². The van der Waals surface area contributed by atoms with Crippen LogP contribution in [0.2, 0.25) is 0 Å². The number of benzene rings is 1. The quantitative estimate of drug-likeness (QED) is 0.854. The number of nitrogens with one attached hydrogen (secondary N) is 1. The van der Waals surface area contributed by atoms with E-state index in [0.29, 0.717) is 6.04 Å². The molecule has 17 heavy (non-hydrogen) atoms. The first-order valence-corrected chi connectivity index (χ1v) is 6.09. The van der Waals surface area contributed by atoms with E-state index in [1.807, 2.05) is 0 Å². The van der Waals surface area contributed by atoms with Crippen LogP contribution in [0, 0.1) is 5.92 Å². The maximum Gasteiger partial charge on any atom is 0.373 e. The predicted octanol–water partition coefficient (Wildman–Crippen LogP) is 2.55. The molecule has 1 N–H and O–H groups in total. The molecule has 1 heterocycles. The highest BCUT2D eigenvalue weighted by Crippen LogP contribution is 2.28. The van der Waals surface area contributed by atoms with Crippen LogP contribution in [-0.4, -0.2) is 12.7 Å². The maximum absolute atomic E-state index is 8.12. The Morgan fingerprint density at radius 2 is 1.94 bits per heavy atom. The molecular weight excluding hydrogens is 214 g/mol. The molecule has 0 saturated carbocycles. The highest BCUT2D eigenvalue weighted by atomic mass is 16.2. The lowest BCUT2D eigenvalue weighted by Gasteiger charge is -2.30. The molecule has 0 aliphatic carbocycles. The van der Waals surface area contributed by atoms with Crippen molar-refractivity contribution in [2.45, 2.75) is 32.2 Å².